The van der Waals surface area contributed by atoms with Crippen LogP contribution in [0.1, 0.15) is 15.9 Å². The molecule has 1 amide bonds. The van der Waals surface area contributed by atoms with Gasteiger partial charge in [0.15, 0.2) is 11.5 Å². The second kappa shape index (κ2) is 10.2. The number of anilines is 1. The number of hydrazone groups is 1. The molecule has 0 atom stereocenters. The highest BCUT2D eigenvalue weighted by Crippen LogP contribution is 2.39. The van der Waals surface area contributed by atoms with Crippen LogP contribution in [0.4, 0.5) is 5.69 Å². The van der Waals surface area contributed by atoms with Gasteiger partial charge in [-0.25, -0.2) is 13.8 Å². The summed E-state index contributed by atoms with van der Waals surface area (Å²) >= 11 is 1.08. The third-order valence-electron chi connectivity index (χ3n) is 4.28. The molecular weight excluding hydrogens is 454 g/mol. The molecule has 168 valence electrons. The zero-order chi connectivity index (χ0) is 23.1. The van der Waals surface area contributed by atoms with Gasteiger partial charge in [-0.2, -0.15) is 5.10 Å². The van der Waals surface area contributed by atoms with Crippen molar-refractivity contribution in [1.82, 2.24) is 5.43 Å². The van der Waals surface area contributed by atoms with Crippen LogP contribution in [-0.2, 0) is 10.0 Å². The topological polar surface area (TPSA) is 115 Å². The van der Waals surface area contributed by atoms with Crippen LogP contribution in [0.25, 0.3) is 0 Å². The number of para-hydroxylation sites is 1. The lowest BCUT2D eigenvalue weighted by molar-refractivity contribution is 0.0956. The van der Waals surface area contributed by atoms with Crippen LogP contribution in [-0.4, -0.2) is 41.9 Å². The molecule has 0 bridgehead atoms. The maximum Gasteiger partial charge on any atom is 0.273 e. The second-order valence-electron chi connectivity index (χ2n) is 6.21. The quantitative estimate of drug-likeness (QED) is 0.362. The Bertz CT molecular complexity index is 1220. The largest absolute Gasteiger partial charge is 0.493 e. The average molecular weight is 476 g/mol. The van der Waals surface area contributed by atoms with Crippen LogP contribution in [0.2, 0.25) is 0 Å². The van der Waals surface area contributed by atoms with Crippen molar-refractivity contribution in [1.29, 1.82) is 0 Å². The normalized spacial score (nSPS) is 11.2. The van der Waals surface area contributed by atoms with Crippen LogP contribution in [0.5, 0.6) is 17.2 Å². The van der Waals surface area contributed by atoms with Gasteiger partial charge in [-0.1, -0.05) is 18.2 Å². The number of nitrogens with one attached hydrogen (secondary N) is 2. The minimum atomic E-state index is -3.81. The maximum atomic E-state index is 12.7. The highest BCUT2D eigenvalue weighted by molar-refractivity contribution is 7.94. The zero-order valence-corrected chi connectivity index (χ0v) is 19.1. The van der Waals surface area contributed by atoms with Crippen LogP contribution in [0.3, 0.4) is 0 Å². The number of carbonyl (C=O) groups excluding carboxylic acids is 1. The Labute approximate surface area is 189 Å². The molecule has 0 unspecified atom stereocenters. The first kappa shape index (κ1) is 23.1. The molecule has 0 radical (unpaired) electrons. The standard InChI is InChI=1S/C21H21N3O6S2/c1-28-17-11-10-14(19(29-2)20(17)30-3)13-22-23-21(25)15-7-4-5-8-16(15)24-32(26,27)18-9-6-12-31-18/h4-13,24H,1-3H3,(H,23,25)/b22-13-. The van der Waals surface area contributed by atoms with Gasteiger partial charge in [-0.15, -0.1) is 11.3 Å². The molecule has 0 fully saturated rings. The summed E-state index contributed by atoms with van der Waals surface area (Å²) in [6.45, 7) is 0. The van der Waals surface area contributed by atoms with Gasteiger partial charge in [0.25, 0.3) is 15.9 Å². The Balaban J connectivity index is 1.80. The fourth-order valence-corrected chi connectivity index (χ4v) is 4.90. The van der Waals surface area contributed by atoms with Crippen molar-refractivity contribution in [2.45, 2.75) is 4.21 Å². The summed E-state index contributed by atoms with van der Waals surface area (Å²) in [7, 11) is 0.663. The summed E-state index contributed by atoms with van der Waals surface area (Å²) in [5.41, 5.74) is 3.19. The first-order valence-electron chi connectivity index (χ1n) is 9.19. The van der Waals surface area contributed by atoms with E-state index in [-0.39, 0.29) is 15.5 Å². The van der Waals surface area contributed by atoms with Crippen LogP contribution in [0.15, 0.2) is 63.2 Å². The summed E-state index contributed by atoms with van der Waals surface area (Å²) < 4.78 is 43.6. The van der Waals surface area contributed by atoms with E-state index in [0.717, 1.165) is 11.3 Å². The Morgan fingerprint density at radius 2 is 1.72 bits per heavy atom. The van der Waals surface area contributed by atoms with E-state index in [2.05, 4.69) is 15.2 Å². The lowest BCUT2D eigenvalue weighted by Gasteiger charge is -2.13. The molecule has 3 aromatic rings. The number of sulfonamides is 1. The van der Waals surface area contributed by atoms with E-state index in [1.807, 2.05) is 0 Å². The molecule has 1 aromatic heterocycles. The first-order valence-corrected chi connectivity index (χ1v) is 11.5. The Morgan fingerprint density at radius 3 is 2.38 bits per heavy atom. The van der Waals surface area contributed by atoms with E-state index in [0.29, 0.717) is 22.8 Å². The van der Waals surface area contributed by atoms with Crippen molar-refractivity contribution < 1.29 is 27.4 Å². The van der Waals surface area contributed by atoms with Crippen molar-refractivity contribution in [3.05, 3.63) is 65.0 Å². The van der Waals surface area contributed by atoms with E-state index in [1.54, 1.807) is 35.7 Å². The Kier molecular flexibility index (Phi) is 7.33. The smallest absolute Gasteiger partial charge is 0.273 e. The number of hydrogen-bond donors (Lipinski definition) is 2. The molecule has 9 nitrogen and oxygen atoms in total. The molecule has 0 saturated heterocycles. The third-order valence-corrected chi connectivity index (χ3v) is 7.04. The van der Waals surface area contributed by atoms with E-state index >= 15 is 0 Å². The van der Waals surface area contributed by atoms with E-state index in [1.165, 1.54) is 45.7 Å². The summed E-state index contributed by atoms with van der Waals surface area (Å²) in [6.07, 6.45) is 1.39. The molecule has 0 aliphatic carbocycles. The van der Waals surface area contributed by atoms with Crippen LogP contribution < -0.4 is 24.4 Å². The van der Waals surface area contributed by atoms with Crippen molar-refractivity contribution in [2.75, 3.05) is 26.1 Å². The van der Waals surface area contributed by atoms with Gasteiger partial charge in [-0.05, 0) is 35.7 Å². The molecular formula is C21H21N3O6S2. The predicted octanol–water partition coefficient (Wildman–Crippen LogP) is 3.34. The summed E-state index contributed by atoms with van der Waals surface area (Å²) in [5, 5.41) is 5.63. The van der Waals surface area contributed by atoms with Gasteiger partial charge < -0.3 is 14.2 Å². The maximum absolute atomic E-state index is 12.7. The highest BCUT2D eigenvalue weighted by Gasteiger charge is 2.19. The second-order valence-corrected chi connectivity index (χ2v) is 9.06. The zero-order valence-electron chi connectivity index (χ0n) is 17.5. The monoisotopic (exact) mass is 475 g/mol. The van der Waals surface area contributed by atoms with Crippen molar-refractivity contribution in [3.8, 4) is 17.2 Å². The van der Waals surface area contributed by atoms with Gasteiger partial charge in [0.1, 0.15) is 4.21 Å². The molecule has 11 heteroatoms. The lowest BCUT2D eigenvalue weighted by atomic mass is 10.2. The van der Waals surface area contributed by atoms with E-state index < -0.39 is 15.9 Å². The van der Waals surface area contributed by atoms with Crippen LogP contribution >= 0.6 is 11.3 Å². The number of amides is 1. The number of rotatable bonds is 9. The van der Waals surface area contributed by atoms with Gasteiger partial charge in [0.05, 0.1) is 38.8 Å². The molecule has 0 spiro atoms. The number of benzene rings is 2. The predicted molar refractivity (Wildman–Crippen MR) is 123 cm³/mol. The molecule has 2 N–H and O–H groups in total. The lowest BCUT2D eigenvalue weighted by Crippen LogP contribution is -2.21. The number of methoxy groups -OCH3 is 3. The number of thiophene rings is 1. The van der Waals surface area contributed by atoms with Crippen molar-refractivity contribution >= 4 is 39.2 Å². The highest BCUT2D eigenvalue weighted by atomic mass is 32.2. The van der Waals surface area contributed by atoms with E-state index in [9.17, 15) is 13.2 Å². The number of ether oxygens (including phenoxy) is 3. The number of hydrogen-bond acceptors (Lipinski definition) is 8. The first-order chi connectivity index (χ1) is 15.4. The van der Waals surface area contributed by atoms with E-state index in [4.69, 9.17) is 14.2 Å². The molecule has 0 aliphatic heterocycles. The fraction of sp³-hybridized carbons (Fsp3) is 0.143. The van der Waals surface area contributed by atoms with Gasteiger partial charge in [0.2, 0.25) is 5.75 Å². The number of carbonyl (C=O) groups is 1. The van der Waals surface area contributed by atoms with Crippen LogP contribution in [0, 0.1) is 0 Å². The third kappa shape index (κ3) is 5.01. The van der Waals surface area contributed by atoms with Gasteiger partial charge in [0, 0.05) is 5.56 Å². The summed E-state index contributed by atoms with van der Waals surface area (Å²) in [6, 6.07) is 12.7. The van der Waals surface area contributed by atoms with Gasteiger partial charge >= 0.3 is 0 Å². The van der Waals surface area contributed by atoms with Crippen molar-refractivity contribution in [2.24, 2.45) is 5.10 Å². The fourth-order valence-electron chi connectivity index (χ4n) is 2.83. The minimum Gasteiger partial charge on any atom is -0.493 e. The molecule has 0 aliphatic rings. The molecule has 32 heavy (non-hydrogen) atoms. The average Bonchev–Trinajstić information content (AvgIpc) is 3.34. The molecule has 0 saturated carbocycles. The SMILES string of the molecule is COc1ccc(/C=N\NC(=O)c2ccccc2NS(=O)(=O)c2cccs2)c(OC)c1OC. The van der Waals surface area contributed by atoms with Gasteiger partial charge in [-0.3, -0.25) is 9.52 Å². The molecule has 2 aromatic carbocycles. The summed E-state index contributed by atoms with van der Waals surface area (Å²) in [5.74, 6) is 0.662. The molecule has 3 rings (SSSR count). The number of nitrogens with zero attached hydrogens (tertiary/aromatic N) is 1. The van der Waals surface area contributed by atoms with Crippen molar-refractivity contribution in [3.63, 3.8) is 0 Å². The minimum absolute atomic E-state index is 0.115. The summed E-state index contributed by atoms with van der Waals surface area (Å²) in [4.78, 5) is 12.7. The Morgan fingerprint density at radius 1 is 0.969 bits per heavy atom. The molecule has 1 heterocycles. The Hall–Kier alpha value is -3.57.